The Balaban J connectivity index is 2.19. The molecule has 0 aliphatic rings. The number of benzene rings is 1. The quantitative estimate of drug-likeness (QED) is 0.778. The molecule has 1 aromatic heterocycles. The molecule has 1 heterocycles. The molecule has 0 radical (unpaired) electrons. The van der Waals surface area contributed by atoms with E-state index >= 15 is 0 Å². The highest BCUT2D eigenvalue weighted by molar-refractivity contribution is 5.93. The van der Waals surface area contributed by atoms with Gasteiger partial charge in [-0.1, -0.05) is 18.2 Å². The van der Waals surface area contributed by atoms with Crippen molar-refractivity contribution in [1.29, 1.82) is 0 Å². The van der Waals surface area contributed by atoms with E-state index in [2.05, 4.69) is 4.98 Å². The van der Waals surface area contributed by atoms with Gasteiger partial charge in [-0.25, -0.2) is 9.78 Å². The van der Waals surface area contributed by atoms with E-state index in [-0.39, 0.29) is 17.2 Å². The molecule has 80 valence electrons. The van der Waals surface area contributed by atoms with Crippen molar-refractivity contribution in [3.63, 3.8) is 0 Å². The van der Waals surface area contributed by atoms with Crippen LogP contribution in [0.5, 0.6) is 11.6 Å². The van der Waals surface area contributed by atoms with E-state index in [1.54, 1.807) is 30.3 Å². The van der Waals surface area contributed by atoms with E-state index in [4.69, 9.17) is 4.74 Å². The van der Waals surface area contributed by atoms with Gasteiger partial charge in [-0.2, -0.15) is 0 Å². The van der Waals surface area contributed by atoms with Crippen LogP contribution in [0, 0.1) is 0 Å². The molecule has 0 spiro atoms. The van der Waals surface area contributed by atoms with Gasteiger partial charge in [-0.15, -0.1) is 0 Å². The van der Waals surface area contributed by atoms with E-state index < -0.39 is 5.97 Å². The number of hydrogen-bond donors (Lipinski definition) is 1. The van der Waals surface area contributed by atoms with Gasteiger partial charge < -0.3 is 9.84 Å². The third-order valence-corrected chi connectivity index (χ3v) is 1.96. The Morgan fingerprint density at radius 2 is 1.88 bits per heavy atom. The molecule has 0 bridgehead atoms. The molecule has 4 heteroatoms. The summed E-state index contributed by atoms with van der Waals surface area (Å²) in [6.07, 6.45) is 1.52. The molecule has 0 aliphatic carbocycles. The number of phenolic OH excluding ortho intramolecular Hbond substituents is 1. The minimum Gasteiger partial charge on any atom is -0.507 e. The summed E-state index contributed by atoms with van der Waals surface area (Å²) in [6, 6.07) is 11.2. The van der Waals surface area contributed by atoms with Crippen LogP contribution in [-0.4, -0.2) is 16.1 Å². The maximum Gasteiger partial charge on any atom is 0.348 e. The summed E-state index contributed by atoms with van der Waals surface area (Å²) in [7, 11) is 0. The van der Waals surface area contributed by atoms with E-state index in [0.29, 0.717) is 0 Å². The summed E-state index contributed by atoms with van der Waals surface area (Å²) < 4.78 is 4.97. The number of pyridine rings is 1. The number of phenols is 1. The molecule has 0 amide bonds. The highest BCUT2D eigenvalue weighted by Crippen LogP contribution is 2.17. The van der Waals surface area contributed by atoms with Crippen LogP contribution in [0.1, 0.15) is 10.4 Å². The van der Waals surface area contributed by atoms with Crippen molar-refractivity contribution in [1.82, 2.24) is 4.98 Å². The standard InChI is InChI=1S/C12H9NO3/c14-10-6-2-1-5-9(10)12(15)16-11-7-3-4-8-13-11/h1-8,14H. The Bertz CT molecular complexity index is 497. The number of carbonyl (C=O) groups is 1. The molecule has 0 fully saturated rings. The Kier molecular flexibility index (Phi) is 2.82. The smallest absolute Gasteiger partial charge is 0.348 e. The first-order valence-electron chi connectivity index (χ1n) is 4.68. The number of esters is 1. The molecule has 0 saturated carbocycles. The number of nitrogens with zero attached hydrogens (tertiary/aromatic N) is 1. The Hall–Kier alpha value is -2.36. The van der Waals surface area contributed by atoms with Gasteiger partial charge in [0.25, 0.3) is 0 Å². The van der Waals surface area contributed by atoms with Crippen LogP contribution in [-0.2, 0) is 0 Å². The lowest BCUT2D eigenvalue weighted by Crippen LogP contribution is -2.09. The van der Waals surface area contributed by atoms with Crippen LogP contribution in [0.15, 0.2) is 48.7 Å². The van der Waals surface area contributed by atoms with Crippen molar-refractivity contribution >= 4 is 5.97 Å². The third kappa shape index (κ3) is 2.17. The van der Waals surface area contributed by atoms with Crippen molar-refractivity contribution in [2.75, 3.05) is 0 Å². The maximum atomic E-state index is 11.6. The number of carbonyl (C=O) groups excluding carboxylic acids is 1. The van der Waals surface area contributed by atoms with Crippen LogP contribution < -0.4 is 4.74 Å². The van der Waals surface area contributed by atoms with Crippen molar-refractivity contribution < 1.29 is 14.6 Å². The summed E-state index contributed by atoms with van der Waals surface area (Å²) in [5, 5.41) is 9.44. The number of aromatic nitrogens is 1. The molecule has 16 heavy (non-hydrogen) atoms. The van der Waals surface area contributed by atoms with Crippen molar-refractivity contribution in [3.05, 3.63) is 54.2 Å². The average molecular weight is 215 g/mol. The Morgan fingerprint density at radius 1 is 1.12 bits per heavy atom. The molecule has 2 aromatic rings. The topological polar surface area (TPSA) is 59.4 Å². The second kappa shape index (κ2) is 4.44. The highest BCUT2D eigenvalue weighted by atomic mass is 16.5. The fourth-order valence-electron chi connectivity index (χ4n) is 1.20. The van der Waals surface area contributed by atoms with E-state index in [9.17, 15) is 9.90 Å². The Morgan fingerprint density at radius 3 is 2.56 bits per heavy atom. The van der Waals surface area contributed by atoms with Crippen LogP contribution in [0.4, 0.5) is 0 Å². The lowest BCUT2D eigenvalue weighted by molar-refractivity contribution is 0.0724. The highest BCUT2D eigenvalue weighted by Gasteiger charge is 2.12. The summed E-state index contributed by atoms with van der Waals surface area (Å²) in [5.41, 5.74) is 0.119. The van der Waals surface area contributed by atoms with Gasteiger partial charge in [0.2, 0.25) is 5.88 Å². The number of para-hydroxylation sites is 1. The summed E-state index contributed by atoms with van der Waals surface area (Å²) in [4.78, 5) is 15.5. The largest absolute Gasteiger partial charge is 0.507 e. The number of rotatable bonds is 2. The molecule has 0 aliphatic heterocycles. The number of ether oxygens (including phenoxy) is 1. The van der Waals surface area contributed by atoms with Crippen LogP contribution in [0.3, 0.4) is 0 Å². The first-order valence-corrected chi connectivity index (χ1v) is 4.68. The molecule has 2 rings (SSSR count). The lowest BCUT2D eigenvalue weighted by Gasteiger charge is -2.03. The predicted octanol–water partition coefficient (Wildman–Crippen LogP) is 2.01. The summed E-state index contributed by atoms with van der Waals surface area (Å²) >= 11 is 0. The van der Waals surface area contributed by atoms with Gasteiger partial charge in [-0.05, 0) is 18.2 Å². The lowest BCUT2D eigenvalue weighted by atomic mass is 10.2. The van der Waals surface area contributed by atoms with Crippen LogP contribution in [0.25, 0.3) is 0 Å². The first kappa shape index (κ1) is 10.2. The van der Waals surface area contributed by atoms with E-state index in [1.807, 2.05) is 0 Å². The molecular formula is C12H9NO3. The van der Waals surface area contributed by atoms with E-state index in [1.165, 1.54) is 18.3 Å². The van der Waals surface area contributed by atoms with Gasteiger partial charge in [-0.3, -0.25) is 0 Å². The SMILES string of the molecule is O=C(Oc1ccccn1)c1ccccc1O. The summed E-state index contributed by atoms with van der Waals surface area (Å²) in [5.74, 6) is -0.531. The van der Waals surface area contributed by atoms with E-state index in [0.717, 1.165) is 0 Å². The normalized spacial score (nSPS) is 9.75. The predicted molar refractivity (Wildman–Crippen MR) is 57.3 cm³/mol. The minimum absolute atomic E-state index is 0.108. The molecule has 1 aromatic carbocycles. The fourth-order valence-corrected chi connectivity index (χ4v) is 1.20. The second-order valence-electron chi connectivity index (χ2n) is 3.07. The van der Waals surface area contributed by atoms with Crippen molar-refractivity contribution in [2.45, 2.75) is 0 Å². The first-order chi connectivity index (χ1) is 7.77. The average Bonchev–Trinajstić information content (AvgIpc) is 2.31. The molecule has 0 saturated heterocycles. The Labute approximate surface area is 92.1 Å². The minimum atomic E-state index is -0.628. The maximum absolute atomic E-state index is 11.6. The van der Waals surface area contributed by atoms with Gasteiger partial charge in [0.15, 0.2) is 0 Å². The molecule has 0 unspecified atom stereocenters. The zero-order valence-electron chi connectivity index (χ0n) is 8.33. The second-order valence-corrected chi connectivity index (χ2v) is 3.07. The third-order valence-electron chi connectivity index (χ3n) is 1.96. The molecular weight excluding hydrogens is 206 g/mol. The molecule has 4 nitrogen and oxygen atoms in total. The van der Waals surface area contributed by atoms with Crippen molar-refractivity contribution in [3.8, 4) is 11.6 Å². The number of aromatic hydroxyl groups is 1. The van der Waals surface area contributed by atoms with Gasteiger partial charge >= 0.3 is 5.97 Å². The molecule has 1 N–H and O–H groups in total. The van der Waals surface area contributed by atoms with Gasteiger partial charge in [0.1, 0.15) is 11.3 Å². The van der Waals surface area contributed by atoms with Gasteiger partial charge in [0.05, 0.1) is 0 Å². The van der Waals surface area contributed by atoms with Crippen LogP contribution in [0.2, 0.25) is 0 Å². The fraction of sp³-hybridized carbons (Fsp3) is 0. The van der Waals surface area contributed by atoms with Crippen molar-refractivity contribution in [2.24, 2.45) is 0 Å². The summed E-state index contributed by atoms with van der Waals surface area (Å²) in [6.45, 7) is 0. The number of hydrogen-bond acceptors (Lipinski definition) is 4. The van der Waals surface area contributed by atoms with Gasteiger partial charge in [0, 0.05) is 12.3 Å². The zero-order chi connectivity index (χ0) is 11.4. The zero-order valence-corrected chi connectivity index (χ0v) is 8.33. The van der Waals surface area contributed by atoms with Crippen LogP contribution >= 0.6 is 0 Å². The molecule has 0 atom stereocenters. The monoisotopic (exact) mass is 215 g/mol.